The summed E-state index contributed by atoms with van der Waals surface area (Å²) in [7, 11) is 0. The van der Waals surface area contributed by atoms with Crippen LogP contribution in [-0.2, 0) is 6.54 Å². The van der Waals surface area contributed by atoms with Gasteiger partial charge in [0.1, 0.15) is 0 Å². The van der Waals surface area contributed by atoms with E-state index >= 15 is 0 Å². The molecule has 0 atom stereocenters. The van der Waals surface area contributed by atoms with Crippen LogP contribution in [0.2, 0.25) is 0 Å². The molecule has 1 aliphatic carbocycles. The smallest absolute Gasteiger partial charge is 0.315 e. The Morgan fingerprint density at radius 3 is 2.94 bits per heavy atom. The molecule has 1 aliphatic rings. The average molecular weight is 227 g/mol. The fourth-order valence-corrected chi connectivity index (χ4v) is 1.48. The molecule has 0 bridgehead atoms. The molecule has 0 radical (unpaired) electrons. The second-order valence-corrected chi connectivity index (χ2v) is 4.08. The van der Waals surface area contributed by atoms with Gasteiger partial charge in [0, 0.05) is 13.1 Å². The first kappa shape index (κ1) is 11.1. The minimum atomic E-state index is -0.966. The quantitative estimate of drug-likeness (QED) is 0.677. The molecule has 2 rings (SSSR count). The summed E-state index contributed by atoms with van der Waals surface area (Å²) >= 11 is 0. The normalized spacial score (nSPS) is 15.3. The minimum Gasteiger partial charge on any atom is -0.315 e. The van der Waals surface area contributed by atoms with Crippen LogP contribution in [0.5, 0.6) is 0 Å². The SMILES string of the molecule is O=c1[nH]c(=O)n(CCNCC2CC2)cc1F. The van der Waals surface area contributed by atoms with Crippen molar-refractivity contribution in [2.45, 2.75) is 19.4 Å². The van der Waals surface area contributed by atoms with Gasteiger partial charge in [0.15, 0.2) is 0 Å². The number of hydrogen-bond acceptors (Lipinski definition) is 3. The molecule has 0 aromatic carbocycles. The highest BCUT2D eigenvalue weighted by Gasteiger charge is 2.19. The fraction of sp³-hybridized carbons (Fsp3) is 0.600. The summed E-state index contributed by atoms with van der Waals surface area (Å²) in [5, 5.41) is 3.18. The highest BCUT2D eigenvalue weighted by molar-refractivity contribution is 4.87. The molecule has 0 saturated heterocycles. The lowest BCUT2D eigenvalue weighted by atomic mass is 10.4. The summed E-state index contributed by atoms with van der Waals surface area (Å²) in [6, 6.07) is 0. The van der Waals surface area contributed by atoms with Crippen molar-refractivity contribution in [1.29, 1.82) is 0 Å². The minimum absolute atomic E-state index is 0.360. The monoisotopic (exact) mass is 227 g/mol. The molecule has 1 saturated carbocycles. The zero-order valence-electron chi connectivity index (χ0n) is 8.83. The Kier molecular flexibility index (Phi) is 3.19. The van der Waals surface area contributed by atoms with Gasteiger partial charge in [-0.2, -0.15) is 4.39 Å². The van der Waals surface area contributed by atoms with Crippen LogP contribution in [-0.4, -0.2) is 22.6 Å². The van der Waals surface area contributed by atoms with Crippen LogP contribution in [0.1, 0.15) is 12.8 Å². The van der Waals surface area contributed by atoms with Crippen LogP contribution in [0.15, 0.2) is 15.8 Å². The van der Waals surface area contributed by atoms with E-state index < -0.39 is 17.1 Å². The van der Waals surface area contributed by atoms with Gasteiger partial charge in [-0.25, -0.2) is 4.79 Å². The Hall–Kier alpha value is -1.43. The lowest BCUT2D eigenvalue weighted by Gasteiger charge is -2.05. The molecule has 1 aromatic heterocycles. The first-order chi connectivity index (χ1) is 7.66. The van der Waals surface area contributed by atoms with Gasteiger partial charge < -0.3 is 5.32 Å². The van der Waals surface area contributed by atoms with E-state index in [1.165, 1.54) is 12.8 Å². The van der Waals surface area contributed by atoms with Gasteiger partial charge in [0.05, 0.1) is 6.20 Å². The number of nitrogens with zero attached hydrogens (tertiary/aromatic N) is 1. The van der Waals surface area contributed by atoms with Gasteiger partial charge in [0.25, 0.3) is 5.56 Å². The van der Waals surface area contributed by atoms with Crippen molar-refractivity contribution in [3.8, 4) is 0 Å². The van der Waals surface area contributed by atoms with Crippen molar-refractivity contribution in [2.75, 3.05) is 13.1 Å². The van der Waals surface area contributed by atoms with Crippen molar-refractivity contribution in [1.82, 2.24) is 14.9 Å². The van der Waals surface area contributed by atoms with Crippen LogP contribution < -0.4 is 16.6 Å². The number of H-pyrrole nitrogens is 1. The Morgan fingerprint density at radius 2 is 2.25 bits per heavy atom. The number of nitrogens with one attached hydrogen (secondary N) is 2. The number of halogens is 1. The van der Waals surface area contributed by atoms with Crippen molar-refractivity contribution >= 4 is 0 Å². The Balaban J connectivity index is 1.90. The summed E-state index contributed by atoms with van der Waals surface area (Å²) < 4.78 is 14.0. The predicted molar refractivity (Wildman–Crippen MR) is 56.9 cm³/mol. The van der Waals surface area contributed by atoms with E-state index in [1.54, 1.807) is 0 Å². The number of hydrogen-bond donors (Lipinski definition) is 2. The van der Waals surface area contributed by atoms with Crippen molar-refractivity contribution in [3.05, 3.63) is 32.9 Å². The summed E-state index contributed by atoms with van der Waals surface area (Å²) in [5.74, 6) is -0.161. The average Bonchev–Trinajstić information content (AvgIpc) is 3.04. The molecule has 6 heteroatoms. The molecule has 16 heavy (non-hydrogen) atoms. The molecule has 1 heterocycles. The molecule has 88 valence electrons. The van der Waals surface area contributed by atoms with Gasteiger partial charge in [-0.15, -0.1) is 0 Å². The van der Waals surface area contributed by atoms with E-state index in [0.29, 0.717) is 13.1 Å². The van der Waals surface area contributed by atoms with Crippen molar-refractivity contribution < 1.29 is 4.39 Å². The van der Waals surface area contributed by atoms with Gasteiger partial charge in [-0.05, 0) is 25.3 Å². The van der Waals surface area contributed by atoms with Crippen LogP contribution in [0.4, 0.5) is 4.39 Å². The number of aromatic nitrogens is 2. The van der Waals surface area contributed by atoms with E-state index in [2.05, 4.69) is 5.32 Å². The Labute approximate surface area is 91.3 Å². The summed E-state index contributed by atoms with van der Waals surface area (Å²) in [4.78, 5) is 23.9. The van der Waals surface area contributed by atoms with E-state index in [4.69, 9.17) is 0 Å². The lowest BCUT2D eigenvalue weighted by molar-refractivity contribution is 0.523. The van der Waals surface area contributed by atoms with E-state index in [9.17, 15) is 14.0 Å². The van der Waals surface area contributed by atoms with Crippen molar-refractivity contribution in [2.24, 2.45) is 5.92 Å². The summed E-state index contributed by atoms with van der Waals surface area (Å²) in [6.45, 7) is 1.90. The van der Waals surface area contributed by atoms with Crippen LogP contribution >= 0.6 is 0 Å². The van der Waals surface area contributed by atoms with Gasteiger partial charge >= 0.3 is 5.69 Å². The molecule has 0 amide bonds. The molecule has 5 nitrogen and oxygen atoms in total. The standard InChI is InChI=1S/C10H14FN3O2/c11-8-6-14(10(16)13-9(8)15)4-3-12-5-7-1-2-7/h6-7,12H,1-5H2,(H,13,15,16). The Morgan fingerprint density at radius 1 is 1.50 bits per heavy atom. The molecular weight excluding hydrogens is 213 g/mol. The molecular formula is C10H14FN3O2. The number of aromatic amines is 1. The third kappa shape index (κ3) is 2.79. The maximum Gasteiger partial charge on any atom is 0.328 e. The predicted octanol–water partition coefficient (Wildman–Crippen LogP) is -0.325. The second kappa shape index (κ2) is 4.61. The third-order valence-corrected chi connectivity index (χ3v) is 2.63. The topological polar surface area (TPSA) is 66.9 Å². The van der Waals surface area contributed by atoms with Crippen molar-refractivity contribution in [3.63, 3.8) is 0 Å². The first-order valence-electron chi connectivity index (χ1n) is 5.37. The van der Waals surface area contributed by atoms with E-state index in [1.807, 2.05) is 4.98 Å². The second-order valence-electron chi connectivity index (χ2n) is 4.08. The zero-order chi connectivity index (χ0) is 11.5. The zero-order valence-corrected chi connectivity index (χ0v) is 8.83. The van der Waals surface area contributed by atoms with Gasteiger partial charge in [0.2, 0.25) is 5.82 Å². The van der Waals surface area contributed by atoms with Gasteiger partial charge in [-0.3, -0.25) is 14.3 Å². The fourth-order valence-electron chi connectivity index (χ4n) is 1.48. The third-order valence-electron chi connectivity index (χ3n) is 2.63. The molecule has 0 unspecified atom stereocenters. The van der Waals surface area contributed by atoms with E-state index in [0.717, 1.165) is 23.2 Å². The highest BCUT2D eigenvalue weighted by atomic mass is 19.1. The first-order valence-corrected chi connectivity index (χ1v) is 5.37. The number of rotatable bonds is 5. The van der Waals surface area contributed by atoms with Gasteiger partial charge in [-0.1, -0.05) is 0 Å². The highest BCUT2D eigenvalue weighted by Crippen LogP contribution is 2.27. The largest absolute Gasteiger partial charge is 0.328 e. The summed E-state index contributed by atoms with van der Waals surface area (Å²) in [6.07, 6.45) is 3.47. The maximum atomic E-state index is 12.9. The lowest BCUT2D eigenvalue weighted by Crippen LogP contribution is -2.34. The maximum absolute atomic E-state index is 12.9. The van der Waals surface area contributed by atoms with E-state index in [-0.39, 0.29) is 0 Å². The molecule has 1 fully saturated rings. The molecule has 2 N–H and O–H groups in total. The molecule has 1 aromatic rings. The summed E-state index contributed by atoms with van der Waals surface area (Å²) in [5.41, 5.74) is -1.54. The molecule has 0 aliphatic heterocycles. The Bertz CT molecular complexity index is 476. The molecule has 0 spiro atoms. The van der Waals surface area contributed by atoms with Crippen LogP contribution in [0, 0.1) is 11.7 Å². The van der Waals surface area contributed by atoms with Crippen LogP contribution in [0.3, 0.4) is 0 Å². The van der Waals surface area contributed by atoms with Crippen LogP contribution in [0.25, 0.3) is 0 Å².